The highest BCUT2D eigenvalue weighted by molar-refractivity contribution is 6.19. The van der Waals surface area contributed by atoms with Gasteiger partial charge in [-0.25, -0.2) is 4.79 Å². The summed E-state index contributed by atoms with van der Waals surface area (Å²) >= 11 is 0. The Labute approximate surface area is 132 Å². The van der Waals surface area contributed by atoms with E-state index in [1.807, 2.05) is 30.3 Å². The van der Waals surface area contributed by atoms with Crippen LogP contribution in [0.4, 0.5) is 0 Å². The summed E-state index contributed by atoms with van der Waals surface area (Å²) in [6, 6.07) is 17.4. The third-order valence-corrected chi connectivity index (χ3v) is 3.74. The molecule has 0 fully saturated rings. The van der Waals surface area contributed by atoms with E-state index >= 15 is 0 Å². The average Bonchev–Trinajstić information content (AvgIpc) is 2.60. The van der Waals surface area contributed by atoms with Crippen LogP contribution in [0.3, 0.4) is 0 Å². The van der Waals surface area contributed by atoms with Crippen LogP contribution in [0.5, 0.6) is 5.75 Å². The Morgan fingerprint density at radius 2 is 1.61 bits per heavy atom. The minimum Gasteiger partial charge on any atom is -0.497 e. The van der Waals surface area contributed by atoms with Crippen molar-refractivity contribution in [1.82, 2.24) is 0 Å². The first kappa shape index (κ1) is 14.8. The molecule has 4 heteroatoms. The number of carboxylic acid groups (broad SMARTS) is 1. The van der Waals surface area contributed by atoms with Gasteiger partial charge in [-0.2, -0.15) is 0 Å². The number of ketones is 1. The second kappa shape index (κ2) is 5.93. The van der Waals surface area contributed by atoms with Crippen molar-refractivity contribution >= 4 is 22.5 Å². The molecule has 0 atom stereocenters. The molecule has 3 aromatic carbocycles. The van der Waals surface area contributed by atoms with Crippen LogP contribution < -0.4 is 4.74 Å². The number of methoxy groups -OCH3 is 1. The Balaban J connectivity index is 2.18. The lowest BCUT2D eigenvalue weighted by atomic mass is 9.94. The molecular formula is C19H14O4. The van der Waals surface area contributed by atoms with Crippen LogP contribution in [0.25, 0.3) is 10.8 Å². The van der Waals surface area contributed by atoms with E-state index in [-0.39, 0.29) is 16.9 Å². The summed E-state index contributed by atoms with van der Waals surface area (Å²) in [6.45, 7) is 0. The molecule has 0 radical (unpaired) electrons. The number of hydrogen-bond donors (Lipinski definition) is 1. The van der Waals surface area contributed by atoms with E-state index in [2.05, 4.69) is 0 Å². The van der Waals surface area contributed by atoms with Gasteiger partial charge in [-0.05, 0) is 29.0 Å². The summed E-state index contributed by atoms with van der Waals surface area (Å²) in [7, 11) is 1.45. The lowest BCUT2D eigenvalue weighted by Gasteiger charge is -2.10. The van der Waals surface area contributed by atoms with Crippen molar-refractivity contribution in [2.24, 2.45) is 0 Å². The Hall–Kier alpha value is -3.14. The lowest BCUT2D eigenvalue weighted by molar-refractivity contribution is 0.0692. The quantitative estimate of drug-likeness (QED) is 0.745. The van der Waals surface area contributed by atoms with Crippen LogP contribution in [-0.4, -0.2) is 24.0 Å². The monoisotopic (exact) mass is 306 g/mol. The van der Waals surface area contributed by atoms with E-state index in [1.54, 1.807) is 18.2 Å². The van der Waals surface area contributed by atoms with Gasteiger partial charge in [0, 0.05) is 11.1 Å². The van der Waals surface area contributed by atoms with Gasteiger partial charge in [0.25, 0.3) is 0 Å². The zero-order chi connectivity index (χ0) is 16.4. The van der Waals surface area contributed by atoms with Crippen molar-refractivity contribution in [2.75, 3.05) is 7.11 Å². The fourth-order valence-electron chi connectivity index (χ4n) is 2.59. The topological polar surface area (TPSA) is 63.6 Å². The molecule has 0 spiro atoms. The maximum Gasteiger partial charge on any atom is 0.336 e. The van der Waals surface area contributed by atoms with Crippen LogP contribution in [-0.2, 0) is 0 Å². The van der Waals surface area contributed by atoms with Crippen LogP contribution in [0.1, 0.15) is 26.3 Å². The molecule has 0 bridgehead atoms. The minimum atomic E-state index is -1.16. The molecule has 0 aromatic heterocycles. The molecule has 3 rings (SSSR count). The fourth-order valence-corrected chi connectivity index (χ4v) is 2.59. The number of rotatable bonds is 4. The third-order valence-electron chi connectivity index (χ3n) is 3.74. The van der Waals surface area contributed by atoms with Crippen molar-refractivity contribution in [1.29, 1.82) is 0 Å². The Bertz CT molecular complexity index is 907. The molecule has 0 aliphatic heterocycles. The van der Waals surface area contributed by atoms with Gasteiger partial charge in [0.1, 0.15) is 5.75 Å². The van der Waals surface area contributed by atoms with Crippen LogP contribution >= 0.6 is 0 Å². The third kappa shape index (κ3) is 2.66. The molecule has 0 heterocycles. The number of aromatic carboxylic acids is 1. The Morgan fingerprint density at radius 3 is 2.35 bits per heavy atom. The minimum absolute atomic E-state index is 0.0673. The summed E-state index contributed by atoms with van der Waals surface area (Å²) in [5, 5.41) is 11.1. The van der Waals surface area contributed by atoms with E-state index in [4.69, 9.17) is 4.74 Å². The Morgan fingerprint density at radius 1 is 0.870 bits per heavy atom. The molecule has 3 aromatic rings. The van der Waals surface area contributed by atoms with Crippen molar-refractivity contribution in [3.8, 4) is 5.75 Å². The second-order valence-electron chi connectivity index (χ2n) is 5.07. The molecule has 0 unspecified atom stereocenters. The largest absolute Gasteiger partial charge is 0.497 e. The molecule has 0 saturated carbocycles. The average molecular weight is 306 g/mol. The molecule has 4 nitrogen and oxygen atoms in total. The van der Waals surface area contributed by atoms with Crippen molar-refractivity contribution in [2.45, 2.75) is 0 Å². The van der Waals surface area contributed by atoms with Gasteiger partial charge in [0.05, 0.1) is 12.7 Å². The van der Waals surface area contributed by atoms with Gasteiger partial charge < -0.3 is 9.84 Å². The van der Waals surface area contributed by atoms with Gasteiger partial charge in [0.15, 0.2) is 5.78 Å². The molecule has 0 saturated heterocycles. The first-order valence-electron chi connectivity index (χ1n) is 7.05. The number of benzene rings is 3. The van der Waals surface area contributed by atoms with E-state index in [0.29, 0.717) is 11.3 Å². The molecule has 0 aliphatic rings. The van der Waals surface area contributed by atoms with Crippen molar-refractivity contribution < 1.29 is 19.4 Å². The number of carbonyl (C=O) groups excluding carboxylic acids is 1. The number of carbonyl (C=O) groups is 2. The maximum absolute atomic E-state index is 12.9. The van der Waals surface area contributed by atoms with E-state index in [0.717, 1.165) is 10.8 Å². The molecular weight excluding hydrogens is 292 g/mol. The summed E-state index contributed by atoms with van der Waals surface area (Å²) in [6.07, 6.45) is 0. The second-order valence-corrected chi connectivity index (χ2v) is 5.07. The van der Waals surface area contributed by atoms with Gasteiger partial charge in [-0.1, -0.05) is 42.5 Å². The number of ether oxygens (including phenoxy) is 1. The number of hydrogen-bond acceptors (Lipinski definition) is 3. The van der Waals surface area contributed by atoms with E-state index in [9.17, 15) is 14.7 Å². The summed E-state index contributed by atoms with van der Waals surface area (Å²) in [4.78, 5) is 24.4. The van der Waals surface area contributed by atoms with Gasteiger partial charge in [0.2, 0.25) is 0 Å². The number of carboxylic acids is 1. The predicted molar refractivity (Wildman–Crippen MR) is 87.3 cm³/mol. The van der Waals surface area contributed by atoms with Gasteiger partial charge in [-0.3, -0.25) is 4.79 Å². The maximum atomic E-state index is 12.9. The first-order chi connectivity index (χ1) is 11.1. The molecule has 23 heavy (non-hydrogen) atoms. The normalized spacial score (nSPS) is 10.5. The standard InChI is InChI=1S/C19H14O4/c1-23-13-9-10-16(17(11-13)19(21)22)18(20)15-8-4-6-12-5-2-3-7-14(12)15/h2-11H,1H3,(H,21,22). The zero-order valence-electron chi connectivity index (χ0n) is 12.4. The first-order valence-corrected chi connectivity index (χ1v) is 7.05. The van der Waals surface area contributed by atoms with Crippen LogP contribution in [0.2, 0.25) is 0 Å². The van der Waals surface area contributed by atoms with Gasteiger partial charge in [-0.15, -0.1) is 0 Å². The van der Waals surface area contributed by atoms with Crippen LogP contribution in [0.15, 0.2) is 60.7 Å². The highest BCUT2D eigenvalue weighted by Crippen LogP contribution is 2.25. The van der Waals surface area contributed by atoms with Crippen molar-refractivity contribution in [3.63, 3.8) is 0 Å². The number of fused-ring (bicyclic) bond motifs is 1. The molecule has 0 amide bonds. The van der Waals surface area contributed by atoms with Crippen LogP contribution in [0, 0.1) is 0 Å². The van der Waals surface area contributed by atoms with E-state index < -0.39 is 5.97 Å². The molecule has 0 aliphatic carbocycles. The smallest absolute Gasteiger partial charge is 0.336 e. The fraction of sp³-hybridized carbons (Fsp3) is 0.0526. The summed E-state index contributed by atoms with van der Waals surface area (Å²) in [5.74, 6) is -1.08. The highest BCUT2D eigenvalue weighted by Gasteiger charge is 2.20. The molecule has 1 N–H and O–H groups in total. The summed E-state index contributed by atoms with van der Waals surface area (Å²) < 4.78 is 5.04. The molecule has 114 valence electrons. The Kier molecular flexibility index (Phi) is 3.81. The lowest BCUT2D eigenvalue weighted by Crippen LogP contribution is -2.10. The highest BCUT2D eigenvalue weighted by atomic mass is 16.5. The SMILES string of the molecule is COc1ccc(C(=O)c2cccc3ccccc23)c(C(=O)O)c1. The van der Waals surface area contributed by atoms with Gasteiger partial charge >= 0.3 is 5.97 Å². The zero-order valence-corrected chi connectivity index (χ0v) is 12.4. The van der Waals surface area contributed by atoms with E-state index in [1.165, 1.54) is 19.2 Å². The van der Waals surface area contributed by atoms with Crippen molar-refractivity contribution in [3.05, 3.63) is 77.4 Å². The predicted octanol–water partition coefficient (Wildman–Crippen LogP) is 3.78. The summed E-state index contributed by atoms with van der Waals surface area (Å²) in [5.41, 5.74) is 0.563.